The Balaban J connectivity index is 1.37. The van der Waals surface area contributed by atoms with Crippen LogP contribution in [0.5, 0.6) is 11.5 Å². The van der Waals surface area contributed by atoms with E-state index in [1.807, 2.05) is 47.4 Å². The summed E-state index contributed by atoms with van der Waals surface area (Å²) in [4.78, 5) is 16.9. The molecule has 2 aromatic carbocycles. The van der Waals surface area contributed by atoms with Crippen molar-refractivity contribution in [2.24, 2.45) is 0 Å². The van der Waals surface area contributed by atoms with Gasteiger partial charge < -0.3 is 19.3 Å². The van der Waals surface area contributed by atoms with E-state index in [0.29, 0.717) is 24.6 Å². The van der Waals surface area contributed by atoms with Gasteiger partial charge >= 0.3 is 0 Å². The summed E-state index contributed by atoms with van der Waals surface area (Å²) in [6.45, 7) is 3.35. The van der Waals surface area contributed by atoms with Crippen LogP contribution >= 0.6 is 0 Å². The largest absolute Gasteiger partial charge is 0.485 e. The van der Waals surface area contributed by atoms with Crippen LogP contribution in [0.25, 0.3) is 0 Å². The number of para-hydroxylation sites is 3. The lowest BCUT2D eigenvalue weighted by atomic mass is 10.2. The Kier molecular flexibility index (Phi) is 3.99. The first-order valence-corrected chi connectivity index (χ1v) is 8.28. The van der Waals surface area contributed by atoms with E-state index >= 15 is 0 Å². The summed E-state index contributed by atoms with van der Waals surface area (Å²) < 4.78 is 11.5. The molecular weight excluding hydrogens is 304 g/mol. The SMILES string of the molecule is O=C([C@@H]1COc2ccccc2O1)N1CCN(c2ccccc2)CC1. The van der Waals surface area contributed by atoms with Crippen LogP contribution in [-0.2, 0) is 4.79 Å². The molecule has 1 atom stereocenters. The van der Waals surface area contributed by atoms with Gasteiger partial charge in [0.15, 0.2) is 11.5 Å². The molecular formula is C19H20N2O3. The summed E-state index contributed by atoms with van der Waals surface area (Å²) in [7, 11) is 0. The highest BCUT2D eigenvalue weighted by Crippen LogP contribution is 2.31. The second kappa shape index (κ2) is 6.43. The molecule has 0 unspecified atom stereocenters. The van der Waals surface area contributed by atoms with E-state index in [9.17, 15) is 4.79 Å². The third-order valence-corrected chi connectivity index (χ3v) is 4.50. The summed E-state index contributed by atoms with van der Waals surface area (Å²) in [5.41, 5.74) is 1.20. The van der Waals surface area contributed by atoms with Gasteiger partial charge in [0.25, 0.3) is 5.91 Å². The number of nitrogens with zero attached hydrogens (tertiary/aromatic N) is 2. The molecule has 0 radical (unpaired) electrons. The van der Waals surface area contributed by atoms with Gasteiger partial charge in [-0.05, 0) is 24.3 Å². The lowest BCUT2D eigenvalue weighted by molar-refractivity contribution is -0.141. The molecule has 1 saturated heterocycles. The predicted molar refractivity (Wildman–Crippen MR) is 91.6 cm³/mol. The third-order valence-electron chi connectivity index (χ3n) is 4.50. The molecule has 2 aliphatic rings. The summed E-state index contributed by atoms with van der Waals surface area (Å²) >= 11 is 0. The van der Waals surface area contributed by atoms with Gasteiger partial charge in [-0.15, -0.1) is 0 Å². The van der Waals surface area contributed by atoms with Crippen LogP contribution in [-0.4, -0.2) is 49.7 Å². The molecule has 0 aromatic heterocycles. The molecule has 0 N–H and O–H groups in total. The predicted octanol–water partition coefficient (Wildman–Crippen LogP) is 2.18. The molecule has 2 heterocycles. The van der Waals surface area contributed by atoms with Gasteiger partial charge in [0.05, 0.1) is 0 Å². The Hall–Kier alpha value is -2.69. The topological polar surface area (TPSA) is 42.0 Å². The maximum absolute atomic E-state index is 12.7. The first-order chi connectivity index (χ1) is 11.8. The van der Waals surface area contributed by atoms with E-state index in [1.165, 1.54) is 5.69 Å². The van der Waals surface area contributed by atoms with E-state index in [-0.39, 0.29) is 12.5 Å². The van der Waals surface area contributed by atoms with Gasteiger partial charge in [-0.1, -0.05) is 30.3 Å². The number of piperazine rings is 1. The van der Waals surface area contributed by atoms with E-state index in [4.69, 9.17) is 9.47 Å². The number of hydrogen-bond donors (Lipinski definition) is 0. The molecule has 2 aromatic rings. The Bertz CT molecular complexity index is 712. The van der Waals surface area contributed by atoms with Gasteiger partial charge in [-0.3, -0.25) is 4.79 Å². The first-order valence-electron chi connectivity index (χ1n) is 8.28. The van der Waals surface area contributed by atoms with E-state index < -0.39 is 6.10 Å². The van der Waals surface area contributed by atoms with Gasteiger partial charge in [0.1, 0.15) is 6.61 Å². The molecule has 0 saturated carbocycles. The first kappa shape index (κ1) is 14.9. The van der Waals surface area contributed by atoms with Crippen molar-refractivity contribution in [3.63, 3.8) is 0 Å². The maximum Gasteiger partial charge on any atom is 0.267 e. The van der Waals surface area contributed by atoms with Crippen molar-refractivity contribution < 1.29 is 14.3 Å². The zero-order valence-corrected chi connectivity index (χ0v) is 13.4. The number of carbonyl (C=O) groups is 1. The number of amides is 1. The Labute approximate surface area is 141 Å². The van der Waals surface area contributed by atoms with Gasteiger partial charge in [0.2, 0.25) is 6.10 Å². The molecule has 1 amide bonds. The Morgan fingerprint density at radius 1 is 0.875 bits per heavy atom. The molecule has 2 aliphatic heterocycles. The number of benzene rings is 2. The number of ether oxygens (including phenoxy) is 2. The second-order valence-corrected chi connectivity index (χ2v) is 6.01. The van der Waals surface area contributed by atoms with Crippen molar-refractivity contribution in [2.45, 2.75) is 6.10 Å². The molecule has 0 bridgehead atoms. The van der Waals surface area contributed by atoms with Crippen molar-refractivity contribution in [1.29, 1.82) is 0 Å². The highest BCUT2D eigenvalue weighted by Gasteiger charge is 2.32. The summed E-state index contributed by atoms with van der Waals surface area (Å²) in [6, 6.07) is 17.8. The molecule has 4 rings (SSSR count). The summed E-state index contributed by atoms with van der Waals surface area (Å²) in [5, 5.41) is 0. The standard InChI is InChI=1S/C19H20N2O3/c22-19(18-14-23-16-8-4-5-9-17(16)24-18)21-12-10-20(11-13-21)15-6-2-1-3-7-15/h1-9,18H,10-14H2/t18-/m0/s1. The monoisotopic (exact) mass is 324 g/mol. The van der Waals surface area contributed by atoms with Crippen LogP contribution in [0.3, 0.4) is 0 Å². The van der Waals surface area contributed by atoms with Crippen molar-refractivity contribution in [2.75, 3.05) is 37.7 Å². The molecule has 124 valence electrons. The summed E-state index contributed by atoms with van der Waals surface area (Å²) in [6.07, 6.45) is -0.553. The van der Waals surface area contributed by atoms with Crippen molar-refractivity contribution in [1.82, 2.24) is 4.90 Å². The fourth-order valence-electron chi connectivity index (χ4n) is 3.17. The summed E-state index contributed by atoms with van der Waals surface area (Å²) in [5.74, 6) is 1.36. The van der Waals surface area contributed by atoms with E-state index in [1.54, 1.807) is 0 Å². The molecule has 5 nitrogen and oxygen atoms in total. The second-order valence-electron chi connectivity index (χ2n) is 6.01. The zero-order valence-electron chi connectivity index (χ0n) is 13.4. The average molecular weight is 324 g/mol. The quantitative estimate of drug-likeness (QED) is 0.849. The molecule has 24 heavy (non-hydrogen) atoms. The highest BCUT2D eigenvalue weighted by molar-refractivity contribution is 5.82. The Morgan fingerprint density at radius 3 is 2.29 bits per heavy atom. The fraction of sp³-hybridized carbons (Fsp3) is 0.316. The van der Waals surface area contributed by atoms with Crippen molar-refractivity contribution in [3.8, 4) is 11.5 Å². The molecule has 1 fully saturated rings. The number of rotatable bonds is 2. The van der Waals surface area contributed by atoms with Crippen molar-refractivity contribution >= 4 is 11.6 Å². The van der Waals surface area contributed by atoms with Crippen LogP contribution < -0.4 is 14.4 Å². The number of fused-ring (bicyclic) bond motifs is 1. The van der Waals surface area contributed by atoms with Crippen LogP contribution in [0.2, 0.25) is 0 Å². The van der Waals surface area contributed by atoms with Crippen molar-refractivity contribution in [3.05, 3.63) is 54.6 Å². The zero-order chi connectivity index (χ0) is 16.4. The van der Waals surface area contributed by atoms with E-state index in [0.717, 1.165) is 13.1 Å². The van der Waals surface area contributed by atoms with E-state index in [2.05, 4.69) is 17.0 Å². The van der Waals surface area contributed by atoms with Crippen LogP contribution in [0, 0.1) is 0 Å². The fourth-order valence-corrected chi connectivity index (χ4v) is 3.17. The lowest BCUT2D eigenvalue weighted by Crippen LogP contribution is -2.54. The van der Waals surface area contributed by atoms with Gasteiger partial charge in [0, 0.05) is 31.9 Å². The maximum atomic E-state index is 12.7. The van der Waals surface area contributed by atoms with Crippen LogP contribution in [0.1, 0.15) is 0 Å². The van der Waals surface area contributed by atoms with Gasteiger partial charge in [-0.25, -0.2) is 0 Å². The third kappa shape index (κ3) is 2.89. The smallest absolute Gasteiger partial charge is 0.267 e. The average Bonchev–Trinajstić information content (AvgIpc) is 2.68. The van der Waals surface area contributed by atoms with Crippen LogP contribution in [0.4, 0.5) is 5.69 Å². The number of anilines is 1. The number of carbonyl (C=O) groups excluding carboxylic acids is 1. The minimum Gasteiger partial charge on any atom is -0.485 e. The Morgan fingerprint density at radius 2 is 1.54 bits per heavy atom. The lowest BCUT2D eigenvalue weighted by Gasteiger charge is -2.38. The molecule has 5 heteroatoms. The van der Waals surface area contributed by atoms with Crippen LogP contribution in [0.15, 0.2) is 54.6 Å². The molecule has 0 spiro atoms. The van der Waals surface area contributed by atoms with Gasteiger partial charge in [-0.2, -0.15) is 0 Å². The minimum absolute atomic E-state index is 0.0113. The molecule has 0 aliphatic carbocycles. The number of hydrogen-bond acceptors (Lipinski definition) is 4. The normalized spacial score (nSPS) is 19.9. The minimum atomic E-state index is -0.553. The highest BCUT2D eigenvalue weighted by atomic mass is 16.6.